The molecule has 1 atom stereocenters. The molecule has 1 rings (SSSR count). The second-order valence-corrected chi connectivity index (χ2v) is 4.87. The molecule has 0 heterocycles. The summed E-state index contributed by atoms with van der Waals surface area (Å²) >= 11 is 0. The topological polar surface area (TPSA) is 35.5 Å². The number of rotatable bonds is 9. The Morgan fingerprint density at radius 1 is 1.26 bits per heavy atom. The van der Waals surface area contributed by atoms with Gasteiger partial charge in [0, 0.05) is 6.61 Å². The van der Waals surface area contributed by atoms with Crippen LogP contribution in [0.4, 0.5) is 0 Å². The lowest BCUT2D eigenvalue weighted by atomic mass is 10.1. The van der Waals surface area contributed by atoms with Gasteiger partial charge < -0.3 is 9.47 Å². The molecule has 0 N–H and O–H groups in total. The Labute approximate surface area is 115 Å². The number of ether oxygens (including phenoxy) is 2. The summed E-state index contributed by atoms with van der Waals surface area (Å²) in [5, 5.41) is 0. The van der Waals surface area contributed by atoms with E-state index in [4.69, 9.17) is 9.47 Å². The van der Waals surface area contributed by atoms with E-state index < -0.39 is 0 Å². The highest BCUT2D eigenvalue weighted by molar-refractivity contribution is 5.96. The maximum absolute atomic E-state index is 11.4. The van der Waals surface area contributed by atoms with Crippen molar-refractivity contribution in [3.05, 3.63) is 29.8 Å². The van der Waals surface area contributed by atoms with Gasteiger partial charge in [0.2, 0.25) is 0 Å². The lowest BCUT2D eigenvalue weighted by molar-refractivity contribution is 0.0752. The number of benzene rings is 1. The van der Waals surface area contributed by atoms with Gasteiger partial charge in [0.15, 0.2) is 5.78 Å². The molecule has 0 fully saturated rings. The van der Waals surface area contributed by atoms with Crippen LogP contribution in [0.15, 0.2) is 24.3 Å². The lowest BCUT2D eigenvalue weighted by Crippen LogP contribution is -2.12. The molecule has 1 aromatic rings. The minimum absolute atomic E-state index is 0.0214. The molecule has 3 heteroatoms. The molecule has 0 aliphatic carbocycles. The molecule has 0 saturated carbocycles. The standard InChI is InChI=1S/C16H24O3/c1-4-7-13(2)12-18-10-11-19-16-9-6-5-8-15(16)14(3)17/h5-6,8-9,13H,4,7,10-12H2,1-3H3. The highest BCUT2D eigenvalue weighted by Gasteiger charge is 2.07. The second kappa shape index (κ2) is 8.70. The first-order valence-electron chi connectivity index (χ1n) is 6.95. The summed E-state index contributed by atoms with van der Waals surface area (Å²) in [6, 6.07) is 7.30. The lowest BCUT2D eigenvalue weighted by Gasteiger charge is -2.12. The fraction of sp³-hybridized carbons (Fsp3) is 0.562. The minimum Gasteiger partial charge on any atom is -0.490 e. The SMILES string of the molecule is CCCC(C)COCCOc1ccccc1C(C)=O. The first-order valence-corrected chi connectivity index (χ1v) is 6.95. The van der Waals surface area contributed by atoms with E-state index in [0.717, 1.165) is 6.61 Å². The van der Waals surface area contributed by atoms with Crippen LogP contribution in [-0.2, 0) is 4.74 Å². The summed E-state index contributed by atoms with van der Waals surface area (Å²) in [7, 11) is 0. The van der Waals surface area contributed by atoms with Crippen LogP contribution in [-0.4, -0.2) is 25.6 Å². The molecule has 0 aromatic heterocycles. The Morgan fingerprint density at radius 3 is 2.68 bits per heavy atom. The third-order valence-electron chi connectivity index (χ3n) is 2.94. The third-order valence-corrected chi connectivity index (χ3v) is 2.94. The normalized spacial score (nSPS) is 12.2. The van der Waals surface area contributed by atoms with Crippen LogP contribution in [0.2, 0.25) is 0 Å². The molecule has 19 heavy (non-hydrogen) atoms. The quantitative estimate of drug-likeness (QED) is 0.503. The number of Topliss-reactive ketones (excluding diaryl/α,β-unsaturated/α-hetero) is 1. The van der Waals surface area contributed by atoms with Crippen molar-refractivity contribution in [3.8, 4) is 5.75 Å². The molecular formula is C16H24O3. The van der Waals surface area contributed by atoms with Gasteiger partial charge in [-0.1, -0.05) is 32.4 Å². The van der Waals surface area contributed by atoms with E-state index in [9.17, 15) is 4.79 Å². The van der Waals surface area contributed by atoms with Gasteiger partial charge in [0.25, 0.3) is 0 Å². The molecule has 0 aliphatic heterocycles. The number of para-hydroxylation sites is 1. The van der Waals surface area contributed by atoms with Crippen molar-refractivity contribution >= 4 is 5.78 Å². The van der Waals surface area contributed by atoms with Crippen molar-refractivity contribution < 1.29 is 14.3 Å². The van der Waals surface area contributed by atoms with Gasteiger partial charge in [-0.3, -0.25) is 4.79 Å². The summed E-state index contributed by atoms with van der Waals surface area (Å²) in [5.74, 6) is 1.25. The molecule has 1 aromatic carbocycles. The monoisotopic (exact) mass is 264 g/mol. The van der Waals surface area contributed by atoms with Crippen LogP contribution < -0.4 is 4.74 Å². The van der Waals surface area contributed by atoms with Crippen molar-refractivity contribution in [1.29, 1.82) is 0 Å². The predicted molar refractivity (Wildman–Crippen MR) is 76.8 cm³/mol. The maximum Gasteiger partial charge on any atom is 0.163 e. The Hall–Kier alpha value is -1.35. The molecule has 106 valence electrons. The van der Waals surface area contributed by atoms with Crippen LogP contribution >= 0.6 is 0 Å². The Kier molecular flexibility index (Phi) is 7.19. The fourth-order valence-electron chi connectivity index (χ4n) is 1.95. The molecule has 0 saturated heterocycles. The van der Waals surface area contributed by atoms with Gasteiger partial charge in [-0.05, 0) is 31.4 Å². The average Bonchev–Trinajstić information content (AvgIpc) is 2.39. The van der Waals surface area contributed by atoms with Crippen molar-refractivity contribution in [2.45, 2.75) is 33.6 Å². The van der Waals surface area contributed by atoms with Crippen molar-refractivity contribution in [1.82, 2.24) is 0 Å². The van der Waals surface area contributed by atoms with Crippen LogP contribution in [0.1, 0.15) is 44.0 Å². The van der Waals surface area contributed by atoms with Crippen molar-refractivity contribution in [2.75, 3.05) is 19.8 Å². The fourth-order valence-corrected chi connectivity index (χ4v) is 1.95. The van der Waals surface area contributed by atoms with E-state index in [1.54, 1.807) is 13.0 Å². The largest absolute Gasteiger partial charge is 0.490 e. The second-order valence-electron chi connectivity index (χ2n) is 4.87. The van der Waals surface area contributed by atoms with Crippen LogP contribution in [0.5, 0.6) is 5.75 Å². The van der Waals surface area contributed by atoms with Gasteiger partial charge in [0.1, 0.15) is 12.4 Å². The van der Waals surface area contributed by atoms with Gasteiger partial charge in [-0.15, -0.1) is 0 Å². The molecule has 0 bridgehead atoms. The summed E-state index contributed by atoms with van der Waals surface area (Å²) < 4.78 is 11.2. The number of carbonyl (C=O) groups is 1. The zero-order chi connectivity index (χ0) is 14.1. The van der Waals surface area contributed by atoms with E-state index in [2.05, 4.69) is 13.8 Å². The van der Waals surface area contributed by atoms with E-state index in [1.165, 1.54) is 12.8 Å². The van der Waals surface area contributed by atoms with Gasteiger partial charge >= 0.3 is 0 Å². The Bertz CT molecular complexity index is 387. The minimum atomic E-state index is 0.0214. The first kappa shape index (κ1) is 15.7. The summed E-state index contributed by atoms with van der Waals surface area (Å²) in [5.41, 5.74) is 0.627. The molecular weight excluding hydrogens is 240 g/mol. The van der Waals surface area contributed by atoms with Crippen LogP contribution in [0.25, 0.3) is 0 Å². The van der Waals surface area contributed by atoms with Gasteiger partial charge in [-0.25, -0.2) is 0 Å². The van der Waals surface area contributed by atoms with E-state index in [1.807, 2.05) is 18.2 Å². The van der Waals surface area contributed by atoms with Crippen molar-refractivity contribution in [3.63, 3.8) is 0 Å². The number of hydrogen-bond donors (Lipinski definition) is 0. The number of carbonyl (C=O) groups excluding carboxylic acids is 1. The van der Waals surface area contributed by atoms with Gasteiger partial charge in [0.05, 0.1) is 12.2 Å². The highest BCUT2D eigenvalue weighted by Crippen LogP contribution is 2.18. The molecule has 0 amide bonds. The first-order chi connectivity index (χ1) is 9.15. The average molecular weight is 264 g/mol. The zero-order valence-corrected chi connectivity index (χ0v) is 12.1. The molecule has 1 unspecified atom stereocenters. The summed E-state index contributed by atoms with van der Waals surface area (Å²) in [4.78, 5) is 11.4. The molecule has 0 spiro atoms. The Balaban J connectivity index is 2.28. The third kappa shape index (κ3) is 5.88. The van der Waals surface area contributed by atoms with Gasteiger partial charge in [-0.2, -0.15) is 0 Å². The molecule has 0 aliphatic rings. The van der Waals surface area contributed by atoms with Crippen LogP contribution in [0.3, 0.4) is 0 Å². The highest BCUT2D eigenvalue weighted by atomic mass is 16.5. The maximum atomic E-state index is 11.4. The summed E-state index contributed by atoms with van der Waals surface area (Å²) in [6.45, 7) is 7.72. The zero-order valence-electron chi connectivity index (χ0n) is 12.1. The number of ketones is 1. The van der Waals surface area contributed by atoms with E-state index in [-0.39, 0.29) is 5.78 Å². The van der Waals surface area contributed by atoms with E-state index in [0.29, 0.717) is 30.4 Å². The number of hydrogen-bond acceptors (Lipinski definition) is 3. The van der Waals surface area contributed by atoms with Crippen molar-refractivity contribution in [2.24, 2.45) is 5.92 Å². The summed E-state index contributed by atoms with van der Waals surface area (Å²) in [6.07, 6.45) is 2.38. The molecule has 0 radical (unpaired) electrons. The predicted octanol–water partition coefficient (Wildman–Crippen LogP) is 3.72. The Morgan fingerprint density at radius 2 is 2.00 bits per heavy atom. The van der Waals surface area contributed by atoms with E-state index >= 15 is 0 Å². The van der Waals surface area contributed by atoms with Crippen LogP contribution in [0, 0.1) is 5.92 Å². The molecule has 3 nitrogen and oxygen atoms in total. The smallest absolute Gasteiger partial charge is 0.163 e.